The number of ether oxygens (including phenoxy) is 1. The number of hydrogen-bond acceptors (Lipinski definition) is 7. The standard InChI is InChI=1S/C18H15F2N7O3/c1-9-23-24-16(29-9)17(28)26-6-4-10-14(22-8-21-10)15(26)11-7-12-13(30-18(19)20)3-2-5-27(12)25-11/h2-3,5,7-8,15,18H,4,6H2,1H3,(H,21,22). The predicted octanol–water partition coefficient (Wildman–Crippen LogP) is 2.14. The van der Waals surface area contributed by atoms with E-state index in [4.69, 9.17) is 4.42 Å². The van der Waals surface area contributed by atoms with E-state index in [2.05, 4.69) is 30.0 Å². The van der Waals surface area contributed by atoms with E-state index in [-0.39, 0.29) is 17.5 Å². The van der Waals surface area contributed by atoms with E-state index < -0.39 is 18.6 Å². The number of carbonyl (C=O) groups excluding carboxylic acids is 1. The van der Waals surface area contributed by atoms with E-state index in [1.165, 1.54) is 15.5 Å². The molecule has 4 aromatic rings. The van der Waals surface area contributed by atoms with Crippen molar-refractivity contribution in [3.8, 4) is 5.75 Å². The first kappa shape index (κ1) is 18.2. The molecule has 0 saturated heterocycles. The maximum atomic E-state index is 13.1. The highest BCUT2D eigenvalue weighted by Gasteiger charge is 2.38. The van der Waals surface area contributed by atoms with E-state index >= 15 is 0 Å². The number of imidazole rings is 1. The van der Waals surface area contributed by atoms with E-state index in [0.29, 0.717) is 29.9 Å². The number of nitrogens with zero attached hydrogens (tertiary/aromatic N) is 6. The number of pyridine rings is 1. The molecule has 1 aliphatic heterocycles. The molecular weight excluding hydrogens is 400 g/mol. The second kappa shape index (κ2) is 6.90. The zero-order valence-corrected chi connectivity index (χ0v) is 15.6. The average molecular weight is 415 g/mol. The van der Waals surface area contributed by atoms with Gasteiger partial charge in [0.2, 0.25) is 5.89 Å². The van der Waals surface area contributed by atoms with Crippen LogP contribution in [-0.2, 0) is 6.42 Å². The van der Waals surface area contributed by atoms with Crippen LogP contribution >= 0.6 is 0 Å². The minimum atomic E-state index is -2.97. The van der Waals surface area contributed by atoms with Crippen LogP contribution in [0.15, 0.2) is 35.1 Å². The van der Waals surface area contributed by atoms with E-state index in [0.717, 1.165) is 5.69 Å². The van der Waals surface area contributed by atoms with Crippen molar-refractivity contribution < 1.29 is 22.7 Å². The number of halogens is 2. The quantitative estimate of drug-likeness (QED) is 0.543. The molecule has 1 aliphatic rings. The topological polar surface area (TPSA) is 114 Å². The maximum Gasteiger partial charge on any atom is 0.387 e. The number of carbonyl (C=O) groups is 1. The number of hydrogen-bond donors (Lipinski definition) is 1. The molecule has 1 amide bonds. The van der Waals surface area contributed by atoms with Crippen molar-refractivity contribution in [1.82, 2.24) is 34.7 Å². The highest BCUT2D eigenvalue weighted by molar-refractivity contribution is 5.90. The molecule has 0 aromatic carbocycles. The summed E-state index contributed by atoms with van der Waals surface area (Å²) in [6.45, 7) is -1.02. The van der Waals surface area contributed by atoms with Crippen LogP contribution in [0.25, 0.3) is 5.52 Å². The van der Waals surface area contributed by atoms with Gasteiger partial charge in [-0.05, 0) is 18.2 Å². The van der Waals surface area contributed by atoms with Crippen molar-refractivity contribution in [3.05, 3.63) is 59.6 Å². The first-order valence-electron chi connectivity index (χ1n) is 9.07. The smallest absolute Gasteiger partial charge is 0.387 e. The lowest BCUT2D eigenvalue weighted by Gasteiger charge is -2.32. The number of aromatic amines is 1. The van der Waals surface area contributed by atoms with Crippen molar-refractivity contribution in [3.63, 3.8) is 0 Å². The number of aromatic nitrogens is 6. The number of rotatable bonds is 4. The Morgan fingerprint density at radius 3 is 3.03 bits per heavy atom. The molecule has 1 atom stereocenters. The van der Waals surface area contributed by atoms with Crippen LogP contribution in [0, 0.1) is 6.92 Å². The summed E-state index contributed by atoms with van der Waals surface area (Å²) in [5.41, 5.74) is 2.27. The summed E-state index contributed by atoms with van der Waals surface area (Å²) in [5.74, 6) is -0.346. The first-order chi connectivity index (χ1) is 14.5. The Hall–Kier alpha value is -3.83. The Labute approximate surface area is 167 Å². The second-order valence-corrected chi connectivity index (χ2v) is 6.69. The molecule has 154 valence electrons. The monoisotopic (exact) mass is 415 g/mol. The van der Waals surface area contributed by atoms with Crippen LogP contribution in [0.1, 0.15) is 39.7 Å². The average Bonchev–Trinajstić information content (AvgIpc) is 3.45. The fourth-order valence-corrected chi connectivity index (χ4v) is 3.64. The lowest BCUT2D eigenvalue weighted by Crippen LogP contribution is -2.41. The Balaban J connectivity index is 1.61. The van der Waals surface area contributed by atoms with Gasteiger partial charge in [-0.3, -0.25) is 4.79 Å². The van der Waals surface area contributed by atoms with Crippen LogP contribution in [-0.4, -0.2) is 53.7 Å². The predicted molar refractivity (Wildman–Crippen MR) is 96.0 cm³/mol. The lowest BCUT2D eigenvalue weighted by atomic mass is 9.99. The van der Waals surface area contributed by atoms with Gasteiger partial charge in [-0.25, -0.2) is 9.50 Å². The second-order valence-electron chi connectivity index (χ2n) is 6.69. The summed E-state index contributed by atoms with van der Waals surface area (Å²) in [5, 5.41) is 12.0. The Kier molecular flexibility index (Phi) is 4.19. The van der Waals surface area contributed by atoms with Gasteiger partial charge in [0, 0.05) is 31.8 Å². The minimum absolute atomic E-state index is 0.0188. The lowest BCUT2D eigenvalue weighted by molar-refractivity contribution is -0.0490. The van der Waals surface area contributed by atoms with Crippen LogP contribution in [0.3, 0.4) is 0 Å². The highest BCUT2D eigenvalue weighted by Crippen LogP contribution is 2.35. The molecule has 0 aliphatic carbocycles. The van der Waals surface area contributed by atoms with Crippen LogP contribution < -0.4 is 4.74 Å². The van der Waals surface area contributed by atoms with Gasteiger partial charge in [-0.15, -0.1) is 10.2 Å². The Morgan fingerprint density at radius 2 is 2.27 bits per heavy atom. The molecule has 0 spiro atoms. The summed E-state index contributed by atoms with van der Waals surface area (Å²) in [7, 11) is 0. The Bertz CT molecular complexity index is 1230. The first-order valence-corrected chi connectivity index (χ1v) is 9.07. The SMILES string of the molecule is Cc1nnc(C(=O)N2CCc3[nH]cnc3C2c2cc3c(OC(F)F)cccn3n2)o1. The van der Waals surface area contributed by atoms with Crippen LogP contribution in [0.5, 0.6) is 5.75 Å². The third-order valence-electron chi connectivity index (χ3n) is 4.87. The number of fused-ring (bicyclic) bond motifs is 2. The van der Waals surface area contributed by atoms with E-state index in [1.807, 2.05) is 0 Å². The van der Waals surface area contributed by atoms with Gasteiger partial charge >= 0.3 is 18.4 Å². The molecular formula is C18H15F2N7O3. The molecule has 1 unspecified atom stereocenters. The molecule has 4 aromatic heterocycles. The number of aryl methyl sites for hydroxylation is 1. The van der Waals surface area contributed by atoms with Gasteiger partial charge in [0.15, 0.2) is 5.75 Å². The van der Waals surface area contributed by atoms with Gasteiger partial charge in [0.05, 0.1) is 17.7 Å². The third kappa shape index (κ3) is 2.96. The van der Waals surface area contributed by atoms with E-state index in [9.17, 15) is 13.6 Å². The molecule has 10 nitrogen and oxygen atoms in total. The fourth-order valence-electron chi connectivity index (χ4n) is 3.64. The molecule has 1 N–H and O–H groups in total. The van der Waals surface area contributed by atoms with E-state index in [1.54, 1.807) is 31.6 Å². The molecule has 0 bridgehead atoms. The van der Waals surface area contributed by atoms with Gasteiger partial charge in [0.1, 0.15) is 11.6 Å². The van der Waals surface area contributed by atoms with Gasteiger partial charge in [-0.1, -0.05) is 0 Å². The van der Waals surface area contributed by atoms with Gasteiger partial charge in [-0.2, -0.15) is 13.9 Å². The highest BCUT2D eigenvalue weighted by atomic mass is 19.3. The number of H-pyrrole nitrogens is 1. The zero-order valence-electron chi connectivity index (χ0n) is 15.6. The summed E-state index contributed by atoms with van der Waals surface area (Å²) >= 11 is 0. The van der Waals surface area contributed by atoms with Crippen molar-refractivity contribution in [1.29, 1.82) is 0 Å². The molecule has 0 saturated carbocycles. The maximum absolute atomic E-state index is 13.1. The normalized spacial score (nSPS) is 16.3. The van der Waals surface area contributed by atoms with Crippen LogP contribution in [0.4, 0.5) is 8.78 Å². The summed E-state index contributed by atoms with van der Waals surface area (Å²) in [4.78, 5) is 22.1. The molecule has 0 radical (unpaired) electrons. The fraction of sp³-hybridized carbons (Fsp3) is 0.278. The van der Waals surface area contributed by atoms with Crippen molar-refractivity contribution in [2.75, 3.05) is 6.54 Å². The summed E-state index contributed by atoms with van der Waals surface area (Å²) < 4.78 is 36.9. The van der Waals surface area contributed by atoms with Crippen LogP contribution in [0.2, 0.25) is 0 Å². The minimum Gasteiger partial charge on any atom is -0.433 e. The molecule has 5 heterocycles. The number of alkyl halides is 2. The van der Waals surface area contributed by atoms with Crippen molar-refractivity contribution >= 4 is 11.4 Å². The molecule has 30 heavy (non-hydrogen) atoms. The Morgan fingerprint density at radius 1 is 1.40 bits per heavy atom. The van der Waals surface area contributed by atoms with Crippen molar-refractivity contribution in [2.45, 2.75) is 26.0 Å². The zero-order chi connectivity index (χ0) is 20.8. The number of amides is 1. The molecule has 5 rings (SSSR count). The summed E-state index contributed by atoms with van der Waals surface area (Å²) in [6, 6.07) is 3.91. The van der Waals surface area contributed by atoms with Crippen molar-refractivity contribution in [2.24, 2.45) is 0 Å². The molecule has 12 heteroatoms. The largest absolute Gasteiger partial charge is 0.433 e. The van der Waals surface area contributed by atoms with Gasteiger partial charge in [0.25, 0.3) is 0 Å². The number of nitrogens with one attached hydrogen (secondary N) is 1. The summed E-state index contributed by atoms with van der Waals surface area (Å²) in [6.07, 6.45) is 3.71. The van der Waals surface area contributed by atoms with Gasteiger partial charge < -0.3 is 19.0 Å². The molecule has 0 fully saturated rings. The third-order valence-corrected chi connectivity index (χ3v) is 4.87.